The van der Waals surface area contributed by atoms with E-state index < -0.39 is 24.5 Å². The van der Waals surface area contributed by atoms with Gasteiger partial charge in [-0.3, -0.25) is 4.79 Å². The average Bonchev–Trinajstić information content (AvgIpc) is 2.35. The van der Waals surface area contributed by atoms with E-state index in [1.165, 1.54) is 6.20 Å². The lowest BCUT2D eigenvalue weighted by molar-refractivity contribution is -0.140. The number of amides is 1. The van der Waals surface area contributed by atoms with Crippen LogP contribution in [0.4, 0.5) is 0 Å². The highest BCUT2D eigenvalue weighted by molar-refractivity contribution is 6.33. The van der Waals surface area contributed by atoms with Crippen molar-refractivity contribution in [3.63, 3.8) is 0 Å². The van der Waals surface area contributed by atoms with Gasteiger partial charge in [-0.15, -0.1) is 0 Å². The second-order valence-corrected chi connectivity index (χ2v) is 4.53. The number of aliphatic carboxylic acids is 1. The fourth-order valence-corrected chi connectivity index (χ4v) is 1.41. The number of hydrogen-bond donors (Lipinski definition) is 3. The second kappa shape index (κ2) is 6.44. The van der Waals surface area contributed by atoms with E-state index in [4.69, 9.17) is 21.8 Å². The van der Waals surface area contributed by atoms with Crippen molar-refractivity contribution >= 4 is 23.5 Å². The zero-order chi connectivity index (χ0) is 14.6. The molecule has 0 bridgehead atoms. The van der Waals surface area contributed by atoms with Gasteiger partial charge in [-0.25, -0.2) is 14.8 Å². The van der Waals surface area contributed by atoms with E-state index in [0.717, 1.165) is 0 Å². The molecule has 0 aliphatic rings. The van der Waals surface area contributed by atoms with Crippen LogP contribution in [0.1, 0.15) is 36.1 Å². The van der Waals surface area contributed by atoms with Crippen LogP contribution in [0.5, 0.6) is 0 Å². The number of carboxylic acid groups (broad SMARTS) is 1. The zero-order valence-corrected chi connectivity index (χ0v) is 11.2. The predicted molar refractivity (Wildman–Crippen MR) is 67.1 cm³/mol. The van der Waals surface area contributed by atoms with Gasteiger partial charge in [0.25, 0.3) is 5.91 Å². The van der Waals surface area contributed by atoms with Gasteiger partial charge in [0.05, 0.1) is 17.8 Å². The van der Waals surface area contributed by atoms with Gasteiger partial charge in [0.15, 0.2) is 6.04 Å². The summed E-state index contributed by atoms with van der Waals surface area (Å²) in [6.45, 7) is 2.97. The molecule has 19 heavy (non-hydrogen) atoms. The molecule has 104 valence electrons. The first kappa shape index (κ1) is 15.3. The molecule has 8 heteroatoms. The maximum absolute atomic E-state index is 11.9. The number of halogens is 1. The molecule has 1 aromatic heterocycles. The fraction of sp³-hybridized carbons (Fsp3) is 0.455. The van der Waals surface area contributed by atoms with E-state index in [-0.39, 0.29) is 16.6 Å². The van der Waals surface area contributed by atoms with Crippen molar-refractivity contribution in [2.24, 2.45) is 0 Å². The highest BCUT2D eigenvalue weighted by atomic mass is 35.5. The Hall–Kier alpha value is -1.73. The molecule has 0 radical (unpaired) electrons. The molecule has 0 aliphatic heterocycles. The summed E-state index contributed by atoms with van der Waals surface area (Å²) in [5.74, 6) is -1.69. The lowest BCUT2D eigenvalue weighted by atomic mass is 10.2. The number of aromatic nitrogens is 2. The maximum atomic E-state index is 11.9. The van der Waals surface area contributed by atoms with Crippen LogP contribution in [-0.4, -0.2) is 44.7 Å². The minimum Gasteiger partial charge on any atom is -0.480 e. The Bertz CT molecular complexity index is 493. The van der Waals surface area contributed by atoms with E-state index in [1.54, 1.807) is 0 Å². The number of nitrogens with zero attached hydrogens (tertiary/aromatic N) is 2. The molecule has 0 aliphatic carbocycles. The SMILES string of the molecule is CC(C)c1ncc(Cl)c(C(=O)N[C@H](CO)C(=O)O)n1. The van der Waals surface area contributed by atoms with Crippen LogP contribution in [0.3, 0.4) is 0 Å². The highest BCUT2D eigenvalue weighted by Crippen LogP contribution is 2.16. The summed E-state index contributed by atoms with van der Waals surface area (Å²) in [6.07, 6.45) is 1.29. The van der Waals surface area contributed by atoms with Crippen molar-refractivity contribution in [2.75, 3.05) is 6.61 Å². The van der Waals surface area contributed by atoms with Gasteiger partial charge >= 0.3 is 5.97 Å². The van der Waals surface area contributed by atoms with Gasteiger partial charge < -0.3 is 15.5 Å². The molecule has 0 unspecified atom stereocenters. The molecule has 1 rings (SSSR count). The Morgan fingerprint density at radius 1 is 1.47 bits per heavy atom. The average molecular weight is 288 g/mol. The van der Waals surface area contributed by atoms with E-state index in [1.807, 2.05) is 13.8 Å². The molecule has 0 spiro atoms. The number of carbonyl (C=O) groups excluding carboxylic acids is 1. The lowest BCUT2D eigenvalue weighted by Crippen LogP contribution is -2.43. The first-order valence-electron chi connectivity index (χ1n) is 5.53. The Morgan fingerprint density at radius 2 is 2.11 bits per heavy atom. The molecule has 0 saturated heterocycles. The Kier molecular flexibility index (Phi) is 5.20. The maximum Gasteiger partial charge on any atom is 0.328 e. The molecule has 0 saturated carbocycles. The smallest absolute Gasteiger partial charge is 0.328 e. The predicted octanol–water partition coefficient (Wildman–Crippen LogP) is 0.429. The summed E-state index contributed by atoms with van der Waals surface area (Å²) >= 11 is 5.81. The van der Waals surface area contributed by atoms with E-state index in [9.17, 15) is 9.59 Å². The molecule has 1 aromatic rings. The monoisotopic (exact) mass is 287 g/mol. The van der Waals surface area contributed by atoms with Crippen LogP contribution in [0.25, 0.3) is 0 Å². The highest BCUT2D eigenvalue weighted by Gasteiger charge is 2.22. The van der Waals surface area contributed by atoms with Crippen molar-refractivity contribution < 1.29 is 19.8 Å². The molecule has 1 heterocycles. The molecular formula is C11H14ClN3O4. The zero-order valence-electron chi connectivity index (χ0n) is 10.4. The normalized spacial score (nSPS) is 12.3. The molecule has 1 amide bonds. The number of carboxylic acids is 1. The van der Waals surface area contributed by atoms with Gasteiger partial charge in [-0.05, 0) is 0 Å². The Balaban J connectivity index is 2.98. The first-order chi connectivity index (χ1) is 8.86. The number of rotatable bonds is 5. The third kappa shape index (κ3) is 3.87. The summed E-state index contributed by atoms with van der Waals surface area (Å²) < 4.78 is 0. The van der Waals surface area contributed by atoms with Crippen LogP contribution in [-0.2, 0) is 4.79 Å². The lowest BCUT2D eigenvalue weighted by Gasteiger charge is -2.12. The van der Waals surface area contributed by atoms with E-state index in [0.29, 0.717) is 5.82 Å². The van der Waals surface area contributed by atoms with Crippen LogP contribution < -0.4 is 5.32 Å². The molecule has 0 fully saturated rings. The number of carbonyl (C=O) groups is 2. The Labute approximate surface area is 114 Å². The summed E-state index contributed by atoms with van der Waals surface area (Å²) in [5, 5.41) is 19.7. The van der Waals surface area contributed by atoms with E-state index >= 15 is 0 Å². The summed E-state index contributed by atoms with van der Waals surface area (Å²) in [4.78, 5) is 30.5. The number of aliphatic hydroxyl groups excluding tert-OH is 1. The van der Waals surface area contributed by atoms with Crippen LogP contribution in [0.2, 0.25) is 5.02 Å². The van der Waals surface area contributed by atoms with Crippen LogP contribution in [0.15, 0.2) is 6.20 Å². The van der Waals surface area contributed by atoms with Crippen LogP contribution in [0, 0.1) is 0 Å². The number of hydrogen-bond acceptors (Lipinski definition) is 5. The van der Waals surface area contributed by atoms with Crippen molar-refractivity contribution in [1.82, 2.24) is 15.3 Å². The Morgan fingerprint density at radius 3 is 2.58 bits per heavy atom. The minimum atomic E-state index is -1.40. The third-order valence-electron chi connectivity index (χ3n) is 2.28. The van der Waals surface area contributed by atoms with Gasteiger partial charge in [0.1, 0.15) is 11.5 Å². The van der Waals surface area contributed by atoms with Crippen molar-refractivity contribution in [1.29, 1.82) is 0 Å². The van der Waals surface area contributed by atoms with E-state index in [2.05, 4.69) is 15.3 Å². The first-order valence-corrected chi connectivity index (χ1v) is 5.91. The van der Waals surface area contributed by atoms with Gasteiger partial charge in [-0.1, -0.05) is 25.4 Å². The quantitative estimate of drug-likeness (QED) is 0.724. The van der Waals surface area contributed by atoms with Gasteiger partial charge in [0, 0.05) is 5.92 Å². The number of aliphatic hydroxyl groups is 1. The van der Waals surface area contributed by atoms with Crippen LogP contribution >= 0.6 is 11.6 Å². The molecule has 7 nitrogen and oxygen atoms in total. The van der Waals surface area contributed by atoms with Crippen molar-refractivity contribution in [3.05, 3.63) is 22.7 Å². The molecular weight excluding hydrogens is 274 g/mol. The van der Waals surface area contributed by atoms with Gasteiger partial charge in [-0.2, -0.15) is 0 Å². The van der Waals surface area contributed by atoms with Crippen molar-refractivity contribution in [2.45, 2.75) is 25.8 Å². The number of nitrogens with one attached hydrogen (secondary N) is 1. The minimum absolute atomic E-state index is 0.00284. The standard InChI is InChI=1S/C11H14ClN3O4/c1-5(2)9-13-3-6(12)8(15-9)10(17)14-7(4-16)11(18)19/h3,5,7,16H,4H2,1-2H3,(H,14,17)(H,18,19)/t7-/m1/s1. The summed E-state index contributed by atoms with van der Waals surface area (Å²) in [6, 6.07) is -1.40. The van der Waals surface area contributed by atoms with Gasteiger partial charge in [0.2, 0.25) is 0 Å². The summed E-state index contributed by atoms with van der Waals surface area (Å²) in [5.41, 5.74) is -0.111. The second-order valence-electron chi connectivity index (χ2n) is 4.13. The molecule has 1 atom stereocenters. The molecule has 3 N–H and O–H groups in total. The molecule has 0 aromatic carbocycles. The van der Waals surface area contributed by atoms with Crippen molar-refractivity contribution in [3.8, 4) is 0 Å². The topological polar surface area (TPSA) is 112 Å². The third-order valence-corrected chi connectivity index (χ3v) is 2.56. The summed E-state index contributed by atoms with van der Waals surface area (Å²) in [7, 11) is 0. The largest absolute Gasteiger partial charge is 0.480 e. The fourth-order valence-electron chi connectivity index (χ4n) is 1.23.